The zero-order chi connectivity index (χ0) is 23.2. The number of carbonyl (C=O) groups excluding carboxylic acids is 3. The molecular formula is C20H24N6O5S. The minimum absolute atomic E-state index is 0.0797. The Kier molecular flexibility index (Phi) is 5.51. The van der Waals surface area contributed by atoms with Gasteiger partial charge in [0.05, 0.1) is 23.3 Å². The minimum Gasteiger partial charge on any atom is -0.368 e. The zero-order valence-electron chi connectivity index (χ0n) is 17.7. The number of rotatable bonds is 6. The fourth-order valence-corrected chi connectivity index (χ4v) is 5.58. The molecule has 2 aliphatic rings. The highest BCUT2D eigenvalue weighted by atomic mass is 32.2. The molecule has 0 bridgehead atoms. The third-order valence-electron chi connectivity index (χ3n) is 5.88. The van der Waals surface area contributed by atoms with Crippen LogP contribution in [-0.2, 0) is 44.5 Å². The molecule has 12 heteroatoms. The molecule has 2 aromatic rings. The first kappa shape index (κ1) is 22.0. The average molecular weight is 461 g/mol. The van der Waals surface area contributed by atoms with Gasteiger partial charge < -0.3 is 15.5 Å². The summed E-state index contributed by atoms with van der Waals surface area (Å²) in [6.07, 6.45) is 2.72. The van der Waals surface area contributed by atoms with Gasteiger partial charge in [-0.3, -0.25) is 19.1 Å². The van der Waals surface area contributed by atoms with Gasteiger partial charge >= 0.3 is 0 Å². The Morgan fingerprint density at radius 1 is 1.25 bits per heavy atom. The van der Waals surface area contributed by atoms with Gasteiger partial charge in [-0.15, -0.1) is 0 Å². The molecule has 0 spiro atoms. The molecule has 1 atom stereocenters. The van der Waals surface area contributed by atoms with Crippen molar-refractivity contribution in [3.8, 4) is 0 Å². The summed E-state index contributed by atoms with van der Waals surface area (Å²) in [6.45, 7) is 2.49. The van der Waals surface area contributed by atoms with Crippen LogP contribution in [-0.4, -0.2) is 53.4 Å². The molecule has 1 saturated heterocycles. The van der Waals surface area contributed by atoms with Crippen molar-refractivity contribution in [2.75, 3.05) is 11.4 Å². The molecule has 32 heavy (non-hydrogen) atoms. The van der Waals surface area contributed by atoms with E-state index in [0.717, 1.165) is 11.3 Å². The number of anilines is 1. The summed E-state index contributed by atoms with van der Waals surface area (Å²) in [5, 5.41) is 4.11. The number of aromatic nitrogens is 2. The number of nitrogens with one attached hydrogen (secondary N) is 1. The van der Waals surface area contributed by atoms with Crippen LogP contribution in [0.1, 0.15) is 29.7 Å². The quantitative estimate of drug-likeness (QED) is 0.557. The Morgan fingerprint density at radius 3 is 2.62 bits per heavy atom. The molecule has 3 heterocycles. The van der Waals surface area contributed by atoms with Gasteiger partial charge in [-0.1, -0.05) is 6.07 Å². The molecule has 3 N–H and O–H groups in total. The number of sulfonamides is 1. The summed E-state index contributed by atoms with van der Waals surface area (Å²) in [4.78, 5) is 40.0. The van der Waals surface area contributed by atoms with Gasteiger partial charge in [0, 0.05) is 37.8 Å². The van der Waals surface area contributed by atoms with Crippen LogP contribution >= 0.6 is 0 Å². The van der Waals surface area contributed by atoms with E-state index in [2.05, 4.69) is 9.82 Å². The summed E-state index contributed by atoms with van der Waals surface area (Å²) in [7, 11) is -2.56. The van der Waals surface area contributed by atoms with Gasteiger partial charge in [0.15, 0.2) is 6.04 Å². The molecule has 1 aromatic carbocycles. The summed E-state index contributed by atoms with van der Waals surface area (Å²) in [5.74, 6) is -1.92. The third kappa shape index (κ3) is 3.75. The van der Waals surface area contributed by atoms with Crippen LogP contribution in [0.25, 0.3) is 0 Å². The molecule has 11 nitrogen and oxygen atoms in total. The normalized spacial score (nSPS) is 17.0. The van der Waals surface area contributed by atoms with E-state index in [4.69, 9.17) is 5.73 Å². The molecule has 0 unspecified atom stereocenters. The number of fused-ring (bicyclic) bond motifs is 1. The Labute approximate surface area is 185 Å². The van der Waals surface area contributed by atoms with Gasteiger partial charge in [0.25, 0.3) is 5.91 Å². The van der Waals surface area contributed by atoms with Crippen LogP contribution in [0.4, 0.5) is 5.69 Å². The van der Waals surface area contributed by atoms with Crippen molar-refractivity contribution in [3.63, 3.8) is 0 Å². The van der Waals surface area contributed by atoms with Crippen LogP contribution in [0.15, 0.2) is 29.3 Å². The Hall–Kier alpha value is -3.25. The standard InChI is InChI=1S/C20H24N6O5S/c1-12-14(26-8-4-7-17(26)27)5-3-6-16(12)32(30,31)23-18(19(21)28)20(29)25-10-13-9-22-24(2)15(13)11-25/h3,5-6,9,18,23H,4,7-8,10-11H2,1-2H3,(H2,21,28)/t18-/m0/s1. The lowest BCUT2D eigenvalue weighted by atomic mass is 10.2. The van der Waals surface area contributed by atoms with E-state index < -0.39 is 27.9 Å². The largest absolute Gasteiger partial charge is 0.368 e. The van der Waals surface area contributed by atoms with Gasteiger partial charge in [0.1, 0.15) is 0 Å². The second-order valence-electron chi connectivity index (χ2n) is 7.94. The van der Waals surface area contributed by atoms with Crippen molar-refractivity contribution in [3.05, 3.63) is 41.2 Å². The summed E-state index contributed by atoms with van der Waals surface area (Å²) in [5.41, 5.74) is 7.87. The van der Waals surface area contributed by atoms with Crippen molar-refractivity contribution in [2.45, 2.75) is 43.8 Å². The number of hydrogen-bond donors (Lipinski definition) is 2. The maximum atomic E-state index is 13.2. The van der Waals surface area contributed by atoms with Crippen molar-refractivity contribution in [1.82, 2.24) is 19.4 Å². The first-order chi connectivity index (χ1) is 15.1. The van der Waals surface area contributed by atoms with E-state index in [1.54, 1.807) is 35.8 Å². The molecule has 1 aromatic heterocycles. The van der Waals surface area contributed by atoms with Crippen LogP contribution in [0.2, 0.25) is 0 Å². The third-order valence-corrected chi connectivity index (χ3v) is 7.44. The Bertz CT molecular complexity index is 1220. The molecular weight excluding hydrogens is 436 g/mol. The highest BCUT2D eigenvalue weighted by Gasteiger charge is 2.37. The highest BCUT2D eigenvalue weighted by molar-refractivity contribution is 7.89. The van der Waals surface area contributed by atoms with Crippen molar-refractivity contribution < 1.29 is 22.8 Å². The second-order valence-corrected chi connectivity index (χ2v) is 9.62. The fraction of sp³-hybridized carbons (Fsp3) is 0.400. The summed E-state index contributed by atoms with van der Waals surface area (Å²) < 4.78 is 30.1. The Balaban J connectivity index is 1.59. The van der Waals surface area contributed by atoms with Crippen LogP contribution in [0, 0.1) is 6.92 Å². The summed E-state index contributed by atoms with van der Waals surface area (Å²) in [6, 6.07) is 2.79. The second kappa shape index (κ2) is 8.02. The van der Waals surface area contributed by atoms with E-state index in [9.17, 15) is 22.8 Å². The highest BCUT2D eigenvalue weighted by Crippen LogP contribution is 2.30. The number of amides is 3. The number of carbonyl (C=O) groups is 3. The van der Waals surface area contributed by atoms with Gasteiger partial charge in [-0.25, -0.2) is 8.42 Å². The lowest BCUT2D eigenvalue weighted by Gasteiger charge is -2.23. The number of nitrogens with zero attached hydrogens (tertiary/aromatic N) is 4. The van der Waals surface area contributed by atoms with Crippen LogP contribution < -0.4 is 15.4 Å². The predicted molar refractivity (Wildman–Crippen MR) is 114 cm³/mol. The topological polar surface area (TPSA) is 148 Å². The molecule has 0 saturated carbocycles. The van der Waals surface area contributed by atoms with E-state index in [-0.39, 0.29) is 23.9 Å². The SMILES string of the molecule is Cc1c(N2CCCC2=O)cccc1S(=O)(=O)N[C@@H](C(N)=O)C(=O)N1Cc2cnn(C)c2C1. The lowest BCUT2D eigenvalue weighted by Crippen LogP contribution is -2.54. The minimum atomic E-state index is -4.30. The Morgan fingerprint density at radius 2 is 2.00 bits per heavy atom. The summed E-state index contributed by atoms with van der Waals surface area (Å²) >= 11 is 0. The molecule has 1 fully saturated rings. The fourth-order valence-electron chi connectivity index (χ4n) is 4.16. The zero-order valence-corrected chi connectivity index (χ0v) is 18.6. The predicted octanol–water partition coefficient (Wildman–Crippen LogP) is -0.470. The first-order valence-corrected chi connectivity index (χ1v) is 11.6. The van der Waals surface area contributed by atoms with Crippen molar-refractivity contribution in [1.29, 1.82) is 0 Å². The van der Waals surface area contributed by atoms with Crippen LogP contribution in [0.3, 0.4) is 0 Å². The molecule has 3 amide bonds. The van der Waals surface area contributed by atoms with E-state index >= 15 is 0 Å². The monoisotopic (exact) mass is 460 g/mol. The van der Waals surface area contributed by atoms with Crippen LogP contribution in [0.5, 0.6) is 0 Å². The van der Waals surface area contributed by atoms with E-state index in [0.29, 0.717) is 30.6 Å². The molecule has 4 rings (SSSR count). The number of nitrogens with two attached hydrogens (primary N) is 1. The number of hydrogen-bond acceptors (Lipinski definition) is 6. The maximum Gasteiger partial charge on any atom is 0.251 e. The van der Waals surface area contributed by atoms with E-state index in [1.807, 2.05) is 0 Å². The smallest absolute Gasteiger partial charge is 0.251 e. The number of primary amides is 1. The molecule has 2 aliphatic heterocycles. The van der Waals surface area contributed by atoms with Gasteiger partial charge in [-0.2, -0.15) is 9.82 Å². The first-order valence-electron chi connectivity index (χ1n) is 10.1. The molecule has 170 valence electrons. The van der Waals surface area contributed by atoms with Crippen molar-refractivity contribution in [2.24, 2.45) is 12.8 Å². The molecule has 0 radical (unpaired) electrons. The van der Waals surface area contributed by atoms with E-state index in [1.165, 1.54) is 17.0 Å². The lowest BCUT2D eigenvalue weighted by molar-refractivity contribution is -0.138. The van der Waals surface area contributed by atoms with Crippen molar-refractivity contribution >= 4 is 33.4 Å². The van der Waals surface area contributed by atoms with Gasteiger partial charge in [0.2, 0.25) is 21.8 Å². The maximum absolute atomic E-state index is 13.2. The number of aryl methyl sites for hydroxylation is 1. The number of benzene rings is 1. The van der Waals surface area contributed by atoms with Gasteiger partial charge in [-0.05, 0) is 31.0 Å². The molecule has 0 aliphatic carbocycles. The average Bonchev–Trinajstić information content (AvgIpc) is 3.43.